The molecular weight excluding hydrogens is 240 g/mol. The van der Waals surface area contributed by atoms with Crippen LogP contribution in [0.25, 0.3) is 0 Å². The van der Waals surface area contributed by atoms with Gasteiger partial charge in [-0.25, -0.2) is 9.59 Å². The van der Waals surface area contributed by atoms with Crippen molar-refractivity contribution in [3.63, 3.8) is 0 Å². The van der Waals surface area contributed by atoms with Gasteiger partial charge in [0, 0.05) is 13.0 Å². The molecule has 1 atom stereocenters. The second-order valence-electron chi connectivity index (χ2n) is 3.60. The van der Waals surface area contributed by atoms with Crippen LogP contribution in [0.4, 0.5) is 4.79 Å². The zero-order valence-electron chi connectivity index (χ0n) is 10.7. The number of carbonyl (C=O) groups is 3. The first-order valence-electron chi connectivity index (χ1n) is 5.94. The molecule has 0 saturated heterocycles. The van der Waals surface area contributed by atoms with Crippen molar-refractivity contribution in [3.05, 3.63) is 0 Å². The van der Waals surface area contributed by atoms with Gasteiger partial charge in [-0.3, -0.25) is 4.79 Å². The van der Waals surface area contributed by atoms with E-state index in [0.717, 1.165) is 0 Å². The van der Waals surface area contributed by atoms with Crippen LogP contribution in [0.1, 0.15) is 33.1 Å². The number of aliphatic carboxylic acids is 1. The summed E-state index contributed by atoms with van der Waals surface area (Å²) in [6, 6.07) is -0.915. The normalized spacial score (nSPS) is 11.4. The van der Waals surface area contributed by atoms with Gasteiger partial charge in [-0.05, 0) is 19.8 Å². The molecule has 0 aromatic heterocycles. The van der Waals surface area contributed by atoms with Gasteiger partial charge in [0.25, 0.3) is 0 Å². The molecule has 0 radical (unpaired) electrons. The second kappa shape index (κ2) is 9.26. The van der Waals surface area contributed by atoms with E-state index in [-0.39, 0.29) is 25.4 Å². The van der Waals surface area contributed by atoms with E-state index < -0.39 is 18.1 Å². The first-order chi connectivity index (χ1) is 8.51. The molecule has 0 spiro atoms. The molecule has 0 saturated carbocycles. The summed E-state index contributed by atoms with van der Waals surface area (Å²) in [5.74, 6) is -1.38. The lowest BCUT2D eigenvalue weighted by molar-refractivity contribution is -0.142. The number of hydrogen-bond donors (Lipinski definition) is 3. The summed E-state index contributed by atoms with van der Waals surface area (Å²) in [6.07, 6.45) is 0.417. The summed E-state index contributed by atoms with van der Waals surface area (Å²) < 4.78 is 4.64. The van der Waals surface area contributed by atoms with Crippen LogP contribution < -0.4 is 10.6 Å². The van der Waals surface area contributed by atoms with E-state index in [1.807, 2.05) is 0 Å². The molecule has 18 heavy (non-hydrogen) atoms. The Morgan fingerprint density at radius 3 is 2.44 bits per heavy atom. The average Bonchev–Trinajstić information content (AvgIpc) is 2.32. The molecule has 104 valence electrons. The highest BCUT2D eigenvalue weighted by molar-refractivity contribution is 5.83. The van der Waals surface area contributed by atoms with Crippen molar-refractivity contribution in [1.82, 2.24) is 10.6 Å². The highest BCUT2D eigenvalue weighted by atomic mass is 16.5. The summed E-state index contributed by atoms with van der Waals surface area (Å²) in [5.41, 5.74) is 0. The summed E-state index contributed by atoms with van der Waals surface area (Å²) >= 11 is 0. The molecule has 0 aliphatic heterocycles. The van der Waals surface area contributed by atoms with Gasteiger partial charge in [-0.1, -0.05) is 6.92 Å². The first-order valence-corrected chi connectivity index (χ1v) is 5.94. The van der Waals surface area contributed by atoms with Gasteiger partial charge >= 0.3 is 12.1 Å². The van der Waals surface area contributed by atoms with Crippen LogP contribution in [0.5, 0.6) is 0 Å². The Labute approximate surface area is 106 Å². The maximum atomic E-state index is 11.1. The first kappa shape index (κ1) is 16.2. The largest absolute Gasteiger partial charge is 0.480 e. The number of rotatable bonds is 8. The van der Waals surface area contributed by atoms with E-state index in [4.69, 9.17) is 5.11 Å². The number of ether oxygens (including phenoxy) is 1. The number of carboxylic acids is 1. The molecule has 0 fully saturated rings. The molecule has 0 aliphatic rings. The van der Waals surface area contributed by atoms with Gasteiger partial charge < -0.3 is 20.5 Å². The molecular formula is C11H20N2O5. The number of alkyl carbamates (subject to hydrolysis) is 1. The van der Waals surface area contributed by atoms with Gasteiger partial charge in [-0.2, -0.15) is 0 Å². The Balaban J connectivity index is 3.87. The third-order valence-corrected chi connectivity index (χ3v) is 2.17. The van der Waals surface area contributed by atoms with E-state index in [1.54, 1.807) is 13.8 Å². The van der Waals surface area contributed by atoms with E-state index in [9.17, 15) is 14.4 Å². The third kappa shape index (κ3) is 7.48. The van der Waals surface area contributed by atoms with E-state index >= 15 is 0 Å². The van der Waals surface area contributed by atoms with Crippen LogP contribution in [-0.4, -0.2) is 42.3 Å². The minimum absolute atomic E-state index is 0.241. The van der Waals surface area contributed by atoms with Crippen molar-refractivity contribution in [2.24, 2.45) is 0 Å². The van der Waals surface area contributed by atoms with Crippen molar-refractivity contribution in [1.29, 1.82) is 0 Å². The molecule has 7 heteroatoms. The monoisotopic (exact) mass is 260 g/mol. The second-order valence-corrected chi connectivity index (χ2v) is 3.60. The molecule has 0 aliphatic carbocycles. The molecule has 3 N–H and O–H groups in total. The lowest BCUT2D eigenvalue weighted by atomic mass is 10.1. The Hall–Kier alpha value is -1.79. The Morgan fingerprint density at radius 1 is 1.28 bits per heavy atom. The standard InChI is InChI=1S/C11H20N2O5/c1-3-9(14)13-8(10(15)16)6-5-7-12-11(17)18-4-2/h8H,3-7H2,1-2H3,(H,12,17)(H,13,14)(H,15,16)/t8-/m0/s1. The molecule has 0 rings (SSSR count). The molecule has 2 amide bonds. The fourth-order valence-electron chi connectivity index (χ4n) is 1.23. The lowest BCUT2D eigenvalue weighted by Gasteiger charge is -2.13. The van der Waals surface area contributed by atoms with Gasteiger partial charge in [0.1, 0.15) is 6.04 Å². The number of carbonyl (C=O) groups excluding carboxylic acids is 2. The zero-order valence-corrected chi connectivity index (χ0v) is 10.7. The third-order valence-electron chi connectivity index (χ3n) is 2.17. The molecule has 0 unspecified atom stereocenters. The van der Waals surface area contributed by atoms with Gasteiger partial charge in [0.2, 0.25) is 5.91 Å². The van der Waals surface area contributed by atoms with Crippen molar-refractivity contribution in [2.75, 3.05) is 13.2 Å². The molecule has 0 bridgehead atoms. The van der Waals surface area contributed by atoms with Crippen LogP contribution in [0.3, 0.4) is 0 Å². The SMILES string of the molecule is CCOC(=O)NCCC[C@H](NC(=O)CC)C(=O)O. The Kier molecular flexibility index (Phi) is 8.34. The minimum Gasteiger partial charge on any atom is -0.480 e. The van der Waals surface area contributed by atoms with Crippen LogP contribution in [-0.2, 0) is 14.3 Å². The van der Waals surface area contributed by atoms with Gasteiger partial charge in [0.05, 0.1) is 6.61 Å². The quantitative estimate of drug-likeness (QED) is 0.551. The van der Waals surface area contributed by atoms with E-state index in [1.165, 1.54) is 0 Å². The fraction of sp³-hybridized carbons (Fsp3) is 0.727. The van der Waals surface area contributed by atoms with Crippen LogP contribution >= 0.6 is 0 Å². The van der Waals surface area contributed by atoms with Crippen LogP contribution in [0.2, 0.25) is 0 Å². The average molecular weight is 260 g/mol. The van der Waals surface area contributed by atoms with Crippen LogP contribution in [0.15, 0.2) is 0 Å². The fourth-order valence-corrected chi connectivity index (χ4v) is 1.23. The predicted octanol–water partition coefficient (Wildman–Crippen LogP) is 0.492. The van der Waals surface area contributed by atoms with Gasteiger partial charge in [-0.15, -0.1) is 0 Å². The predicted molar refractivity (Wildman–Crippen MR) is 64.1 cm³/mol. The summed E-state index contributed by atoms with van der Waals surface area (Å²) in [7, 11) is 0. The number of carboxylic acid groups (broad SMARTS) is 1. The zero-order chi connectivity index (χ0) is 14.0. The summed E-state index contributed by atoms with van der Waals surface area (Å²) in [5, 5.41) is 13.8. The molecule has 0 aromatic carbocycles. The Morgan fingerprint density at radius 2 is 1.94 bits per heavy atom. The van der Waals surface area contributed by atoms with E-state index in [0.29, 0.717) is 13.0 Å². The maximum Gasteiger partial charge on any atom is 0.407 e. The highest BCUT2D eigenvalue weighted by Crippen LogP contribution is 1.98. The van der Waals surface area contributed by atoms with Crippen molar-refractivity contribution in [2.45, 2.75) is 39.2 Å². The Bertz CT molecular complexity index is 293. The topological polar surface area (TPSA) is 105 Å². The number of amides is 2. The maximum absolute atomic E-state index is 11.1. The summed E-state index contributed by atoms with van der Waals surface area (Å²) in [6.45, 7) is 3.94. The summed E-state index contributed by atoms with van der Waals surface area (Å²) in [4.78, 5) is 32.9. The molecule has 7 nitrogen and oxygen atoms in total. The molecule has 0 heterocycles. The number of nitrogens with one attached hydrogen (secondary N) is 2. The lowest BCUT2D eigenvalue weighted by Crippen LogP contribution is -2.41. The van der Waals surface area contributed by atoms with Crippen LogP contribution in [0, 0.1) is 0 Å². The van der Waals surface area contributed by atoms with Crippen molar-refractivity contribution >= 4 is 18.0 Å². The van der Waals surface area contributed by atoms with E-state index in [2.05, 4.69) is 15.4 Å². The smallest absolute Gasteiger partial charge is 0.407 e. The van der Waals surface area contributed by atoms with Crippen molar-refractivity contribution in [3.8, 4) is 0 Å². The van der Waals surface area contributed by atoms with Gasteiger partial charge in [0.15, 0.2) is 0 Å². The molecule has 0 aromatic rings. The minimum atomic E-state index is -1.08. The van der Waals surface area contributed by atoms with Crippen molar-refractivity contribution < 1.29 is 24.2 Å². The number of hydrogen-bond acceptors (Lipinski definition) is 4. The highest BCUT2D eigenvalue weighted by Gasteiger charge is 2.18.